The van der Waals surface area contributed by atoms with Crippen LogP contribution in [0.25, 0.3) is 53.2 Å². The zero-order chi connectivity index (χ0) is 17.1. The second-order valence-corrected chi connectivity index (χ2v) is 8.51. The minimum atomic E-state index is 1.32. The van der Waals surface area contributed by atoms with Crippen molar-refractivity contribution in [1.29, 1.82) is 0 Å². The smallest absolute Gasteiger partial charge is 0.0355 e. The lowest BCUT2D eigenvalue weighted by Gasteiger charge is -2.17. The predicted octanol–water partition coefficient (Wildman–Crippen LogP) is 8.04. The first kappa shape index (κ1) is 14.5. The molecule has 0 aliphatic carbocycles. The summed E-state index contributed by atoms with van der Waals surface area (Å²) in [6.07, 6.45) is 0. The summed E-state index contributed by atoms with van der Waals surface area (Å²) < 4.78 is 0. The summed E-state index contributed by atoms with van der Waals surface area (Å²) in [6, 6.07) is 26.9. The summed E-state index contributed by atoms with van der Waals surface area (Å²) in [5.41, 5.74) is 2.71. The van der Waals surface area contributed by atoms with Crippen molar-refractivity contribution in [3.8, 4) is 20.9 Å². The van der Waals surface area contributed by atoms with E-state index in [1.807, 2.05) is 22.7 Å². The Kier molecular flexibility index (Phi) is 3.01. The lowest BCUT2D eigenvalue weighted by atomic mass is 9.88. The molecule has 2 heteroatoms. The van der Waals surface area contributed by atoms with Crippen LogP contribution in [0.4, 0.5) is 0 Å². The van der Waals surface area contributed by atoms with Gasteiger partial charge < -0.3 is 0 Å². The van der Waals surface area contributed by atoms with E-state index in [4.69, 9.17) is 0 Å². The van der Waals surface area contributed by atoms with Crippen LogP contribution in [-0.4, -0.2) is 0 Å². The molecule has 0 fully saturated rings. The van der Waals surface area contributed by atoms with Crippen molar-refractivity contribution in [2.24, 2.45) is 0 Å². The van der Waals surface area contributed by atoms with Crippen LogP contribution in [-0.2, 0) is 0 Å². The third-order valence-electron chi connectivity index (χ3n) is 5.20. The third-order valence-corrected chi connectivity index (χ3v) is 6.99. The van der Waals surface area contributed by atoms with Gasteiger partial charge in [0.05, 0.1) is 0 Å². The maximum atomic E-state index is 2.38. The molecule has 0 N–H and O–H groups in total. The molecule has 2 heterocycles. The van der Waals surface area contributed by atoms with Crippen LogP contribution in [0.15, 0.2) is 83.6 Å². The molecule has 6 rings (SSSR count). The van der Waals surface area contributed by atoms with Gasteiger partial charge in [0.1, 0.15) is 0 Å². The normalized spacial score (nSPS) is 11.8. The predicted molar refractivity (Wildman–Crippen MR) is 117 cm³/mol. The molecule has 2 aromatic heterocycles. The molecule has 26 heavy (non-hydrogen) atoms. The van der Waals surface area contributed by atoms with Crippen LogP contribution >= 0.6 is 22.7 Å². The van der Waals surface area contributed by atoms with Gasteiger partial charge in [0, 0.05) is 20.9 Å². The summed E-state index contributed by atoms with van der Waals surface area (Å²) in [5, 5.41) is 12.4. The van der Waals surface area contributed by atoms with Gasteiger partial charge in [-0.15, -0.1) is 22.7 Å². The molecule has 0 bridgehead atoms. The fourth-order valence-electron chi connectivity index (χ4n) is 4.12. The monoisotopic (exact) mass is 366 g/mol. The third kappa shape index (κ3) is 1.94. The molecule has 0 saturated carbocycles. The molecular weight excluding hydrogens is 352 g/mol. The molecule has 0 radical (unpaired) electrons. The van der Waals surface area contributed by atoms with E-state index in [1.165, 1.54) is 53.2 Å². The van der Waals surface area contributed by atoms with Crippen LogP contribution in [0.2, 0.25) is 0 Å². The zero-order valence-corrected chi connectivity index (χ0v) is 15.5. The topological polar surface area (TPSA) is 0 Å². The van der Waals surface area contributed by atoms with Gasteiger partial charge in [-0.1, -0.05) is 54.6 Å². The maximum absolute atomic E-state index is 2.38. The molecule has 122 valence electrons. The molecule has 0 aliphatic heterocycles. The highest BCUT2D eigenvalue weighted by Gasteiger charge is 2.17. The van der Waals surface area contributed by atoms with E-state index in [0.29, 0.717) is 0 Å². The molecule has 0 atom stereocenters. The van der Waals surface area contributed by atoms with Gasteiger partial charge in [-0.25, -0.2) is 0 Å². The minimum Gasteiger partial charge on any atom is -0.144 e. The average Bonchev–Trinajstić information content (AvgIpc) is 3.39. The Balaban J connectivity index is 1.89. The van der Waals surface area contributed by atoms with Crippen molar-refractivity contribution < 1.29 is 0 Å². The van der Waals surface area contributed by atoms with Crippen LogP contribution in [0, 0.1) is 0 Å². The molecule has 0 unspecified atom stereocenters. The number of hydrogen-bond acceptors (Lipinski definition) is 2. The second-order valence-electron chi connectivity index (χ2n) is 6.61. The molecular formula is C24H14S2. The fourth-order valence-corrected chi connectivity index (χ4v) is 5.67. The van der Waals surface area contributed by atoms with E-state index >= 15 is 0 Å². The number of rotatable bonds is 2. The van der Waals surface area contributed by atoms with E-state index in [9.17, 15) is 0 Å². The van der Waals surface area contributed by atoms with Crippen LogP contribution in [0.1, 0.15) is 0 Å². The highest BCUT2D eigenvalue weighted by Crippen LogP contribution is 2.46. The number of thiophene rings is 2. The Morgan fingerprint density at radius 2 is 1.23 bits per heavy atom. The van der Waals surface area contributed by atoms with Gasteiger partial charge in [0.2, 0.25) is 0 Å². The lowest BCUT2D eigenvalue weighted by molar-refractivity contribution is 1.75. The molecule has 0 aliphatic rings. The molecule has 6 aromatic rings. The molecule has 4 aromatic carbocycles. The molecule has 0 saturated heterocycles. The van der Waals surface area contributed by atoms with Crippen molar-refractivity contribution in [3.63, 3.8) is 0 Å². The summed E-state index contributed by atoms with van der Waals surface area (Å²) >= 11 is 3.64. The van der Waals surface area contributed by atoms with Gasteiger partial charge >= 0.3 is 0 Å². The second kappa shape index (κ2) is 5.41. The Hall–Kier alpha value is -2.68. The van der Waals surface area contributed by atoms with Crippen molar-refractivity contribution >= 4 is 55.0 Å². The quantitative estimate of drug-likeness (QED) is 0.272. The van der Waals surface area contributed by atoms with Gasteiger partial charge in [0.15, 0.2) is 0 Å². The van der Waals surface area contributed by atoms with Gasteiger partial charge in [-0.3, -0.25) is 0 Å². The first-order valence-electron chi connectivity index (χ1n) is 8.68. The van der Waals surface area contributed by atoms with Crippen molar-refractivity contribution in [3.05, 3.63) is 83.6 Å². The van der Waals surface area contributed by atoms with Crippen LogP contribution in [0.3, 0.4) is 0 Å². The first-order valence-corrected chi connectivity index (χ1v) is 10.4. The summed E-state index contributed by atoms with van der Waals surface area (Å²) in [5.74, 6) is 0. The summed E-state index contributed by atoms with van der Waals surface area (Å²) in [6.45, 7) is 0. The Morgan fingerprint density at radius 1 is 0.538 bits per heavy atom. The van der Waals surface area contributed by atoms with Gasteiger partial charge in [0.25, 0.3) is 0 Å². The number of hydrogen-bond donors (Lipinski definition) is 0. The van der Waals surface area contributed by atoms with E-state index < -0.39 is 0 Å². The minimum absolute atomic E-state index is 1.32. The van der Waals surface area contributed by atoms with E-state index in [0.717, 1.165) is 0 Å². The average molecular weight is 367 g/mol. The van der Waals surface area contributed by atoms with Crippen molar-refractivity contribution in [2.45, 2.75) is 0 Å². The molecule has 0 amide bonds. The lowest BCUT2D eigenvalue weighted by Crippen LogP contribution is -1.89. The van der Waals surface area contributed by atoms with Crippen molar-refractivity contribution in [1.82, 2.24) is 0 Å². The van der Waals surface area contributed by atoms with Crippen molar-refractivity contribution in [2.75, 3.05) is 0 Å². The highest BCUT2D eigenvalue weighted by molar-refractivity contribution is 7.14. The Labute approximate surface area is 159 Å². The fraction of sp³-hybridized carbons (Fsp3) is 0. The van der Waals surface area contributed by atoms with Crippen LogP contribution < -0.4 is 0 Å². The van der Waals surface area contributed by atoms with E-state index in [-0.39, 0.29) is 0 Å². The highest BCUT2D eigenvalue weighted by atomic mass is 32.1. The van der Waals surface area contributed by atoms with Gasteiger partial charge in [-0.05, 0) is 61.3 Å². The Morgan fingerprint density at radius 3 is 1.96 bits per heavy atom. The number of benzene rings is 4. The summed E-state index contributed by atoms with van der Waals surface area (Å²) in [7, 11) is 0. The largest absolute Gasteiger partial charge is 0.144 e. The molecule has 0 nitrogen and oxygen atoms in total. The van der Waals surface area contributed by atoms with Gasteiger partial charge in [-0.2, -0.15) is 0 Å². The zero-order valence-electron chi connectivity index (χ0n) is 13.9. The van der Waals surface area contributed by atoms with E-state index in [1.54, 1.807) is 0 Å². The maximum Gasteiger partial charge on any atom is 0.0355 e. The Bertz CT molecular complexity index is 1340. The summed E-state index contributed by atoms with van der Waals surface area (Å²) in [4.78, 5) is 2.67. The van der Waals surface area contributed by atoms with E-state index in [2.05, 4.69) is 83.6 Å². The molecule has 0 spiro atoms. The standard InChI is InChI=1S/C24H14S2/c1-4-15-8-9-17-14-19(20-6-2-12-25-20)24(21-7-3-13-26-21)18-11-10-16(5-1)22(15)23(17)18/h1-14H. The SMILES string of the molecule is c1csc(-c2cc3ccc4cccc5ccc(c2-c2cccs2)c3c45)c1. The first-order chi connectivity index (χ1) is 12.9. The van der Waals surface area contributed by atoms with Crippen LogP contribution in [0.5, 0.6) is 0 Å².